The largest absolute Gasteiger partial charge is 0.458 e. The van der Waals surface area contributed by atoms with E-state index in [1.807, 2.05) is 58.0 Å². The van der Waals surface area contributed by atoms with Gasteiger partial charge < -0.3 is 39.5 Å². The second-order valence-corrected chi connectivity index (χ2v) is 14.3. The summed E-state index contributed by atoms with van der Waals surface area (Å²) in [4.78, 5) is 51.1. The summed E-state index contributed by atoms with van der Waals surface area (Å²) in [7, 11) is -0.452. The Morgan fingerprint density at radius 3 is 1.98 bits per heavy atom. The van der Waals surface area contributed by atoms with Gasteiger partial charge in [0.15, 0.2) is 0 Å². The van der Waals surface area contributed by atoms with Gasteiger partial charge in [-0.25, -0.2) is 14.4 Å². The minimum Gasteiger partial charge on any atom is -0.458 e. The highest BCUT2D eigenvalue weighted by Gasteiger charge is 2.50. The first-order valence-electron chi connectivity index (χ1n) is 15.5. The van der Waals surface area contributed by atoms with Gasteiger partial charge in [-0.05, 0) is 87.5 Å². The Morgan fingerprint density at radius 1 is 0.844 bits per heavy atom. The zero-order chi connectivity index (χ0) is 34.1. The summed E-state index contributed by atoms with van der Waals surface area (Å²) in [6.07, 6.45) is -0.0632. The molecule has 1 aromatic rings. The van der Waals surface area contributed by atoms with Gasteiger partial charge in [-0.2, -0.15) is 0 Å². The number of carbonyl (C=O) groups excluding carboxylic acids is 4. The van der Waals surface area contributed by atoms with Gasteiger partial charge in [0.05, 0.1) is 17.7 Å². The molecule has 2 atom stereocenters. The molecule has 252 valence electrons. The Labute approximate surface area is 268 Å². The maximum Gasteiger partial charge on any atom is 0.457 e. The summed E-state index contributed by atoms with van der Waals surface area (Å²) in [5, 5.41) is 7.86. The summed E-state index contributed by atoms with van der Waals surface area (Å²) in [6, 6.07) is 8.00. The Morgan fingerprint density at radius 2 is 1.42 bits per heavy atom. The quantitative estimate of drug-likeness (QED) is 0.159. The third kappa shape index (κ3) is 13.7. The average molecular weight is 634 g/mol. The lowest BCUT2D eigenvalue weighted by atomic mass is 9.80. The second-order valence-electron chi connectivity index (χ2n) is 14.3. The van der Waals surface area contributed by atoms with Crippen LogP contribution in [0.5, 0.6) is 0 Å². The summed E-state index contributed by atoms with van der Waals surface area (Å²) in [5.41, 5.74) is -1.75. The Balaban J connectivity index is 2.17. The molecule has 1 fully saturated rings. The van der Waals surface area contributed by atoms with Crippen LogP contribution in [0, 0.1) is 5.92 Å². The monoisotopic (exact) mass is 633 g/mol. The van der Waals surface area contributed by atoms with Crippen LogP contribution < -0.4 is 16.0 Å². The zero-order valence-corrected chi connectivity index (χ0v) is 28.5. The van der Waals surface area contributed by atoms with E-state index in [9.17, 15) is 19.2 Å². The van der Waals surface area contributed by atoms with E-state index in [1.54, 1.807) is 41.5 Å². The molecular formula is C32H52BN3O9. The maximum absolute atomic E-state index is 13.5. The minimum atomic E-state index is -1.15. The van der Waals surface area contributed by atoms with Crippen molar-refractivity contribution in [2.75, 3.05) is 13.1 Å². The number of nitrogens with one attached hydrogen (secondary N) is 3. The summed E-state index contributed by atoms with van der Waals surface area (Å²) in [6.45, 7) is 17.9. The Hall–Kier alpha value is -3.32. The number of esters is 1. The first-order valence-corrected chi connectivity index (χ1v) is 15.5. The molecule has 45 heavy (non-hydrogen) atoms. The highest BCUT2D eigenvalue weighted by atomic mass is 16.7. The number of hydrogen-bond acceptors (Lipinski definition) is 9. The van der Waals surface area contributed by atoms with Gasteiger partial charge in [0.25, 0.3) is 0 Å². The Kier molecular flexibility index (Phi) is 13.3. The Bertz CT molecular complexity index is 1130. The molecule has 0 unspecified atom stereocenters. The van der Waals surface area contributed by atoms with E-state index < -0.39 is 65.5 Å². The molecule has 3 N–H and O–H groups in total. The molecule has 0 saturated carbocycles. The highest BCUT2D eigenvalue weighted by Crippen LogP contribution is 2.38. The SMILES string of the molecule is CC(C)(C)OC(=O)NCC(=O)NC[C@H](CCCB1OC(C)(C)C(C)(C)O1)[C@H](NC(=O)OCc1ccccc1)C(=O)OC(C)(C)C. The number of ether oxygens (including phenoxy) is 3. The lowest BCUT2D eigenvalue weighted by Gasteiger charge is -2.32. The fraction of sp³-hybridized carbons (Fsp3) is 0.688. The molecule has 1 heterocycles. The zero-order valence-electron chi connectivity index (χ0n) is 28.5. The molecule has 0 aliphatic carbocycles. The van der Waals surface area contributed by atoms with Crippen molar-refractivity contribution in [2.45, 2.75) is 123 Å². The van der Waals surface area contributed by atoms with Crippen molar-refractivity contribution in [3.8, 4) is 0 Å². The van der Waals surface area contributed by atoms with Crippen molar-refractivity contribution in [3.63, 3.8) is 0 Å². The fourth-order valence-corrected chi connectivity index (χ4v) is 4.42. The number of benzene rings is 1. The molecule has 12 nitrogen and oxygen atoms in total. The minimum absolute atomic E-state index is 0.00107. The van der Waals surface area contributed by atoms with Crippen molar-refractivity contribution in [3.05, 3.63) is 35.9 Å². The van der Waals surface area contributed by atoms with Crippen LogP contribution >= 0.6 is 0 Å². The first-order chi connectivity index (χ1) is 20.7. The predicted octanol–water partition coefficient (Wildman–Crippen LogP) is 4.75. The van der Waals surface area contributed by atoms with Gasteiger partial charge >= 0.3 is 25.3 Å². The van der Waals surface area contributed by atoms with E-state index in [4.69, 9.17) is 23.5 Å². The normalized spacial score (nSPS) is 17.1. The predicted molar refractivity (Wildman–Crippen MR) is 170 cm³/mol. The summed E-state index contributed by atoms with van der Waals surface area (Å²) < 4.78 is 28.5. The van der Waals surface area contributed by atoms with E-state index in [0.717, 1.165) is 5.56 Å². The number of rotatable bonds is 13. The molecule has 13 heteroatoms. The molecule has 3 amide bonds. The molecule has 1 aliphatic heterocycles. The first kappa shape index (κ1) is 37.9. The lowest BCUT2D eigenvalue weighted by molar-refractivity contribution is -0.159. The fourth-order valence-electron chi connectivity index (χ4n) is 4.42. The second kappa shape index (κ2) is 15.8. The average Bonchev–Trinajstić information content (AvgIpc) is 3.11. The van der Waals surface area contributed by atoms with Crippen molar-refractivity contribution in [2.24, 2.45) is 5.92 Å². The van der Waals surface area contributed by atoms with Crippen LogP contribution in [-0.2, 0) is 39.7 Å². The summed E-state index contributed by atoms with van der Waals surface area (Å²) in [5.74, 6) is -1.76. The van der Waals surface area contributed by atoms with Crippen molar-refractivity contribution in [1.29, 1.82) is 0 Å². The number of alkyl carbamates (subject to hydrolysis) is 2. The number of carbonyl (C=O) groups is 4. The van der Waals surface area contributed by atoms with Crippen molar-refractivity contribution >= 4 is 31.2 Å². The van der Waals surface area contributed by atoms with E-state index in [1.165, 1.54) is 0 Å². The van der Waals surface area contributed by atoms with Crippen LogP contribution in [0.25, 0.3) is 0 Å². The number of hydrogen-bond donors (Lipinski definition) is 3. The molecule has 0 aromatic heterocycles. The van der Waals surface area contributed by atoms with Crippen LogP contribution in [0.1, 0.15) is 87.6 Å². The van der Waals surface area contributed by atoms with Gasteiger partial charge in [0, 0.05) is 12.5 Å². The molecule has 1 aromatic carbocycles. The molecule has 0 spiro atoms. The van der Waals surface area contributed by atoms with Gasteiger partial charge in [-0.1, -0.05) is 36.8 Å². The van der Waals surface area contributed by atoms with Gasteiger partial charge in [0.2, 0.25) is 5.91 Å². The third-order valence-electron chi connectivity index (χ3n) is 7.29. The smallest absolute Gasteiger partial charge is 0.457 e. The standard InChI is InChI=1S/C32H52BN3O9/c1-29(2,3)42-26(38)25(36-28(40)41-21-22-15-12-11-13-16-22)23(17-14-18-33-44-31(7,8)32(9,10)45-33)19-34-24(37)20-35-27(39)43-30(4,5)6/h11-13,15-16,23,25H,14,17-21H2,1-10H3,(H,34,37)(H,35,39)(H,36,40)/t23-,25-/m0/s1. The maximum atomic E-state index is 13.5. The third-order valence-corrected chi connectivity index (χ3v) is 7.29. The van der Waals surface area contributed by atoms with E-state index in [0.29, 0.717) is 19.2 Å². The van der Waals surface area contributed by atoms with Gasteiger partial charge in [-0.3, -0.25) is 4.79 Å². The van der Waals surface area contributed by atoms with E-state index in [-0.39, 0.29) is 19.7 Å². The van der Waals surface area contributed by atoms with Crippen molar-refractivity contribution in [1.82, 2.24) is 16.0 Å². The van der Waals surface area contributed by atoms with Gasteiger partial charge in [-0.15, -0.1) is 0 Å². The van der Waals surface area contributed by atoms with Crippen molar-refractivity contribution < 1.29 is 42.7 Å². The van der Waals surface area contributed by atoms with Crippen LogP contribution in [0.4, 0.5) is 9.59 Å². The highest BCUT2D eigenvalue weighted by molar-refractivity contribution is 6.45. The molecule has 1 aliphatic rings. The molecule has 2 rings (SSSR count). The van der Waals surface area contributed by atoms with Gasteiger partial charge in [0.1, 0.15) is 23.9 Å². The molecule has 1 saturated heterocycles. The van der Waals surface area contributed by atoms with Crippen LogP contribution in [0.2, 0.25) is 6.32 Å². The van der Waals surface area contributed by atoms with Crippen LogP contribution in [0.15, 0.2) is 30.3 Å². The van der Waals surface area contributed by atoms with Crippen LogP contribution in [0.3, 0.4) is 0 Å². The molecule has 0 radical (unpaired) electrons. The molecule has 0 bridgehead atoms. The molecular weight excluding hydrogens is 581 g/mol. The van der Waals surface area contributed by atoms with Crippen LogP contribution in [-0.4, -0.2) is 72.7 Å². The lowest BCUT2D eigenvalue weighted by Crippen LogP contribution is -2.52. The van der Waals surface area contributed by atoms with E-state index >= 15 is 0 Å². The summed E-state index contributed by atoms with van der Waals surface area (Å²) >= 11 is 0. The number of amides is 3. The topological polar surface area (TPSA) is 151 Å². The van der Waals surface area contributed by atoms with E-state index in [2.05, 4.69) is 16.0 Å².